The van der Waals surface area contributed by atoms with E-state index in [1.54, 1.807) is 13.3 Å². The van der Waals surface area contributed by atoms with Crippen molar-refractivity contribution in [2.24, 2.45) is 0 Å². The SMILES string of the molecule is COc1ccc(OCCCN2CCN(C)CC2)cc1NC(=O)c1ccc(C)c(-c2ccc3nc(N)ncc3c2)c1. The van der Waals surface area contributed by atoms with Gasteiger partial charge in [-0.15, -0.1) is 0 Å². The lowest BCUT2D eigenvalue weighted by molar-refractivity contribution is 0.102. The Morgan fingerprint density at radius 1 is 1.05 bits per heavy atom. The van der Waals surface area contributed by atoms with Crippen molar-refractivity contribution in [1.82, 2.24) is 19.8 Å². The molecular formula is C31H36N6O3. The maximum absolute atomic E-state index is 13.3. The van der Waals surface area contributed by atoms with Crippen LogP contribution in [-0.4, -0.2) is 79.2 Å². The maximum atomic E-state index is 13.3. The number of fused-ring (bicyclic) bond motifs is 1. The zero-order valence-corrected chi connectivity index (χ0v) is 23.3. The number of likely N-dealkylation sites (N-methyl/N-ethyl adjacent to an activating group) is 1. The third kappa shape index (κ3) is 6.50. The first-order valence-electron chi connectivity index (χ1n) is 13.6. The fourth-order valence-electron chi connectivity index (χ4n) is 4.91. The van der Waals surface area contributed by atoms with Gasteiger partial charge in [-0.3, -0.25) is 4.79 Å². The molecule has 1 amide bonds. The zero-order chi connectivity index (χ0) is 28.1. The highest BCUT2D eigenvalue weighted by molar-refractivity contribution is 6.06. The van der Waals surface area contributed by atoms with Crippen molar-refractivity contribution in [2.45, 2.75) is 13.3 Å². The Balaban J connectivity index is 1.27. The number of aryl methyl sites for hydroxylation is 1. The van der Waals surface area contributed by atoms with Crippen LogP contribution in [0.2, 0.25) is 0 Å². The van der Waals surface area contributed by atoms with E-state index in [0.717, 1.165) is 66.7 Å². The van der Waals surface area contributed by atoms with Crippen molar-refractivity contribution >= 4 is 28.4 Å². The van der Waals surface area contributed by atoms with E-state index in [1.807, 2.05) is 61.5 Å². The zero-order valence-electron chi connectivity index (χ0n) is 23.3. The summed E-state index contributed by atoms with van der Waals surface area (Å²) < 4.78 is 11.5. The molecule has 3 N–H and O–H groups in total. The lowest BCUT2D eigenvalue weighted by atomic mass is 9.97. The van der Waals surface area contributed by atoms with Gasteiger partial charge >= 0.3 is 0 Å². The summed E-state index contributed by atoms with van der Waals surface area (Å²) >= 11 is 0. The van der Waals surface area contributed by atoms with Crippen LogP contribution in [0, 0.1) is 6.92 Å². The Morgan fingerprint density at radius 2 is 1.88 bits per heavy atom. The molecule has 9 heteroatoms. The Bertz CT molecular complexity index is 1500. The lowest BCUT2D eigenvalue weighted by Crippen LogP contribution is -2.44. The number of nitrogens with two attached hydrogens (primary N) is 1. The van der Waals surface area contributed by atoms with Gasteiger partial charge in [0.05, 0.1) is 24.9 Å². The van der Waals surface area contributed by atoms with E-state index in [1.165, 1.54) is 0 Å². The first-order valence-corrected chi connectivity index (χ1v) is 13.6. The molecule has 1 aromatic heterocycles. The van der Waals surface area contributed by atoms with Crippen LogP contribution in [0.1, 0.15) is 22.3 Å². The van der Waals surface area contributed by atoms with Crippen molar-refractivity contribution < 1.29 is 14.3 Å². The molecule has 0 spiro atoms. The molecule has 40 heavy (non-hydrogen) atoms. The largest absolute Gasteiger partial charge is 0.495 e. The minimum Gasteiger partial charge on any atom is -0.495 e. The number of aromatic nitrogens is 2. The molecule has 0 atom stereocenters. The van der Waals surface area contributed by atoms with Gasteiger partial charge in [0.1, 0.15) is 11.5 Å². The average molecular weight is 541 g/mol. The monoisotopic (exact) mass is 540 g/mol. The fraction of sp³-hybridized carbons (Fsp3) is 0.323. The predicted molar refractivity (Wildman–Crippen MR) is 159 cm³/mol. The second-order valence-electron chi connectivity index (χ2n) is 10.2. The number of methoxy groups -OCH3 is 1. The highest BCUT2D eigenvalue weighted by Crippen LogP contribution is 2.31. The van der Waals surface area contributed by atoms with Crippen LogP contribution in [0.25, 0.3) is 22.0 Å². The molecule has 0 radical (unpaired) electrons. The number of rotatable bonds is 9. The molecule has 0 unspecified atom stereocenters. The van der Waals surface area contributed by atoms with Crippen molar-refractivity contribution in [2.75, 3.05) is 64.5 Å². The summed E-state index contributed by atoms with van der Waals surface area (Å²) in [5.74, 6) is 1.27. The van der Waals surface area contributed by atoms with Crippen molar-refractivity contribution in [1.29, 1.82) is 0 Å². The Kier molecular flexibility index (Phi) is 8.42. The molecule has 0 aliphatic carbocycles. The summed E-state index contributed by atoms with van der Waals surface area (Å²) in [7, 11) is 3.75. The van der Waals surface area contributed by atoms with Crippen LogP contribution in [0.3, 0.4) is 0 Å². The number of anilines is 2. The number of benzene rings is 3. The number of ether oxygens (including phenoxy) is 2. The lowest BCUT2D eigenvalue weighted by Gasteiger charge is -2.32. The van der Waals surface area contributed by atoms with Gasteiger partial charge in [0.15, 0.2) is 0 Å². The molecule has 9 nitrogen and oxygen atoms in total. The molecule has 3 aromatic carbocycles. The average Bonchev–Trinajstić information content (AvgIpc) is 2.96. The molecule has 1 saturated heterocycles. The first kappa shape index (κ1) is 27.4. The fourth-order valence-corrected chi connectivity index (χ4v) is 4.91. The van der Waals surface area contributed by atoms with E-state index in [4.69, 9.17) is 15.2 Å². The van der Waals surface area contributed by atoms with Gasteiger partial charge in [0.25, 0.3) is 5.91 Å². The van der Waals surface area contributed by atoms with Gasteiger partial charge in [-0.2, -0.15) is 0 Å². The molecule has 1 fully saturated rings. The Labute approximate surface area is 234 Å². The van der Waals surface area contributed by atoms with E-state index in [0.29, 0.717) is 29.4 Å². The molecule has 4 aromatic rings. The van der Waals surface area contributed by atoms with E-state index >= 15 is 0 Å². The van der Waals surface area contributed by atoms with E-state index in [-0.39, 0.29) is 11.9 Å². The molecule has 0 bridgehead atoms. The summed E-state index contributed by atoms with van der Waals surface area (Å²) in [6.07, 6.45) is 2.65. The third-order valence-electron chi connectivity index (χ3n) is 7.31. The van der Waals surface area contributed by atoms with Crippen LogP contribution in [0.15, 0.2) is 60.8 Å². The number of carbonyl (C=O) groups excluding carboxylic acids is 1. The van der Waals surface area contributed by atoms with Crippen LogP contribution in [0.5, 0.6) is 11.5 Å². The van der Waals surface area contributed by atoms with Crippen LogP contribution >= 0.6 is 0 Å². The number of piperazine rings is 1. The maximum Gasteiger partial charge on any atom is 0.255 e. The summed E-state index contributed by atoms with van der Waals surface area (Å²) in [6, 6.07) is 17.1. The molecule has 0 saturated carbocycles. The van der Waals surface area contributed by atoms with Gasteiger partial charge < -0.3 is 30.3 Å². The van der Waals surface area contributed by atoms with Gasteiger partial charge in [-0.1, -0.05) is 12.1 Å². The van der Waals surface area contributed by atoms with Crippen LogP contribution in [0.4, 0.5) is 11.6 Å². The topological polar surface area (TPSA) is 106 Å². The molecule has 2 heterocycles. The Morgan fingerprint density at radius 3 is 2.67 bits per heavy atom. The van der Waals surface area contributed by atoms with Crippen molar-refractivity contribution in [3.8, 4) is 22.6 Å². The van der Waals surface area contributed by atoms with Crippen molar-refractivity contribution in [3.63, 3.8) is 0 Å². The molecule has 1 aliphatic heterocycles. The Hall–Kier alpha value is -4.21. The number of nitrogens with zero attached hydrogens (tertiary/aromatic N) is 4. The normalized spacial score (nSPS) is 14.3. The van der Waals surface area contributed by atoms with Gasteiger partial charge in [-0.25, -0.2) is 9.97 Å². The second-order valence-corrected chi connectivity index (χ2v) is 10.2. The molecule has 1 aliphatic rings. The number of carbonyl (C=O) groups is 1. The molecule has 5 rings (SSSR count). The number of nitrogens with one attached hydrogen (secondary N) is 1. The standard InChI is InChI=1S/C31H36N6O3/c1-21-5-6-23(18-26(21)22-7-9-27-24(17-22)20-33-31(32)35-27)30(38)34-28-19-25(8-10-29(28)39-3)40-16-4-11-37-14-12-36(2)13-15-37/h5-10,17-20H,4,11-16H2,1-3H3,(H,34,38)(H2,32,33,35). The van der Waals surface area contributed by atoms with Gasteiger partial charge in [0.2, 0.25) is 5.95 Å². The summed E-state index contributed by atoms with van der Waals surface area (Å²) in [5, 5.41) is 3.89. The summed E-state index contributed by atoms with van der Waals surface area (Å²) in [5.41, 5.74) is 10.6. The molecule has 208 valence electrons. The molecular weight excluding hydrogens is 504 g/mol. The first-order chi connectivity index (χ1) is 19.4. The van der Waals surface area contributed by atoms with E-state index in [2.05, 4.69) is 32.1 Å². The number of hydrogen-bond donors (Lipinski definition) is 2. The highest BCUT2D eigenvalue weighted by atomic mass is 16.5. The summed E-state index contributed by atoms with van der Waals surface area (Å²) in [6.45, 7) is 8.06. The minimum absolute atomic E-state index is 0.233. The van der Waals surface area contributed by atoms with Crippen LogP contribution in [-0.2, 0) is 0 Å². The van der Waals surface area contributed by atoms with Gasteiger partial charge in [-0.05, 0) is 73.5 Å². The van der Waals surface area contributed by atoms with Gasteiger partial charge in [0, 0.05) is 55.9 Å². The minimum atomic E-state index is -0.233. The summed E-state index contributed by atoms with van der Waals surface area (Å²) in [4.78, 5) is 26.6. The number of amides is 1. The second kappa shape index (κ2) is 12.3. The van der Waals surface area contributed by atoms with E-state index in [9.17, 15) is 4.79 Å². The van der Waals surface area contributed by atoms with Crippen molar-refractivity contribution in [3.05, 3.63) is 71.9 Å². The van der Waals surface area contributed by atoms with E-state index < -0.39 is 0 Å². The predicted octanol–water partition coefficient (Wildman–Crippen LogP) is 4.46. The number of hydrogen-bond acceptors (Lipinski definition) is 8. The number of nitrogen functional groups attached to an aromatic ring is 1. The third-order valence-corrected chi connectivity index (χ3v) is 7.31. The van der Waals surface area contributed by atoms with Crippen LogP contribution < -0.4 is 20.5 Å². The quantitative estimate of drug-likeness (QED) is 0.300. The highest BCUT2D eigenvalue weighted by Gasteiger charge is 2.15. The smallest absolute Gasteiger partial charge is 0.255 e.